The number of benzene rings is 1. The standard InChI is InChI=1S/C23H19ClN2O7/c1-4-32-23-19(22(23,2)3)18(29)17-12(8-16(27)28)11-7-10(24)5-6-14(11)26(17)21(31)15-9-13(20(23)30)25-33-15/h5-7,9,19H,4,8H2,1-3H3,(H,27,28). The number of carboxylic acid groups (broad SMARTS) is 1. The van der Waals surface area contributed by atoms with Crippen LogP contribution in [0.25, 0.3) is 10.9 Å². The highest BCUT2D eigenvalue weighted by molar-refractivity contribution is 6.31. The first kappa shape index (κ1) is 21.5. The van der Waals surface area contributed by atoms with Gasteiger partial charge in [-0.1, -0.05) is 30.6 Å². The van der Waals surface area contributed by atoms with E-state index in [-0.39, 0.29) is 29.3 Å². The number of nitrogens with zero attached hydrogens (tertiary/aromatic N) is 2. The zero-order valence-corrected chi connectivity index (χ0v) is 18.7. The highest BCUT2D eigenvalue weighted by Gasteiger charge is 2.80. The van der Waals surface area contributed by atoms with Crippen molar-refractivity contribution < 1.29 is 33.5 Å². The molecule has 3 heterocycles. The van der Waals surface area contributed by atoms with Crippen LogP contribution in [0, 0.1) is 11.3 Å². The third-order valence-corrected chi connectivity index (χ3v) is 6.96. The summed E-state index contributed by atoms with van der Waals surface area (Å²) in [6.07, 6.45) is -0.525. The summed E-state index contributed by atoms with van der Waals surface area (Å²) in [4.78, 5) is 52.7. The van der Waals surface area contributed by atoms with Crippen molar-refractivity contribution in [3.8, 4) is 0 Å². The summed E-state index contributed by atoms with van der Waals surface area (Å²) in [5.41, 5.74) is -2.25. The van der Waals surface area contributed by atoms with Gasteiger partial charge in [-0.3, -0.25) is 23.7 Å². The topological polar surface area (TPSA) is 129 Å². The van der Waals surface area contributed by atoms with E-state index in [4.69, 9.17) is 20.9 Å². The van der Waals surface area contributed by atoms with E-state index in [2.05, 4.69) is 5.16 Å². The van der Waals surface area contributed by atoms with E-state index in [9.17, 15) is 24.3 Å². The van der Waals surface area contributed by atoms with Crippen LogP contribution in [0.15, 0.2) is 28.8 Å². The normalized spacial score (nSPS) is 23.4. The quantitative estimate of drug-likeness (QED) is 0.614. The fourth-order valence-corrected chi connectivity index (χ4v) is 5.44. The summed E-state index contributed by atoms with van der Waals surface area (Å²) >= 11 is 6.16. The Morgan fingerprint density at radius 1 is 1.27 bits per heavy atom. The molecule has 2 aromatic heterocycles. The molecule has 3 aromatic rings. The van der Waals surface area contributed by atoms with Gasteiger partial charge in [0.1, 0.15) is 5.60 Å². The predicted molar refractivity (Wildman–Crippen MR) is 115 cm³/mol. The Labute approximate surface area is 192 Å². The lowest BCUT2D eigenvalue weighted by Gasteiger charge is -2.18. The maximum Gasteiger partial charge on any atom is 0.307 e. The number of halogens is 1. The van der Waals surface area contributed by atoms with Crippen molar-refractivity contribution >= 4 is 45.9 Å². The van der Waals surface area contributed by atoms with Crippen LogP contribution in [-0.4, -0.2) is 50.5 Å². The summed E-state index contributed by atoms with van der Waals surface area (Å²) in [5.74, 6) is -4.26. The van der Waals surface area contributed by atoms with Crippen LogP contribution >= 0.6 is 11.6 Å². The van der Waals surface area contributed by atoms with Gasteiger partial charge >= 0.3 is 11.9 Å². The number of Topliss-reactive ketones (excluding diaryl/α,β-unsaturated/α-hetero) is 2. The van der Waals surface area contributed by atoms with Gasteiger partial charge in [-0.15, -0.1) is 0 Å². The summed E-state index contributed by atoms with van der Waals surface area (Å²) in [6.45, 7) is 5.32. The van der Waals surface area contributed by atoms with Crippen LogP contribution in [0.5, 0.6) is 0 Å². The van der Waals surface area contributed by atoms with E-state index in [0.717, 1.165) is 4.57 Å². The number of ether oxygens (including phenoxy) is 1. The Hall–Kier alpha value is -3.30. The van der Waals surface area contributed by atoms with Crippen molar-refractivity contribution in [1.29, 1.82) is 0 Å². The molecule has 1 aliphatic carbocycles. The second kappa shape index (κ2) is 6.85. The minimum atomic E-state index is -1.52. The number of aliphatic carboxylic acids is 1. The molecule has 10 heteroatoms. The minimum Gasteiger partial charge on any atom is -0.481 e. The van der Waals surface area contributed by atoms with E-state index in [1.807, 2.05) is 0 Å². The maximum absolute atomic E-state index is 14.0. The zero-order valence-electron chi connectivity index (χ0n) is 18.0. The minimum absolute atomic E-state index is 0.108. The number of ketones is 2. The molecule has 2 bridgehead atoms. The molecule has 5 rings (SSSR count). The average Bonchev–Trinajstić information content (AvgIpc) is 3.11. The molecule has 0 spiro atoms. The Balaban J connectivity index is 1.90. The van der Waals surface area contributed by atoms with Crippen LogP contribution in [0.2, 0.25) is 5.02 Å². The predicted octanol–water partition coefficient (Wildman–Crippen LogP) is 3.41. The molecular weight excluding hydrogens is 452 g/mol. The molecule has 2 atom stereocenters. The van der Waals surface area contributed by atoms with Gasteiger partial charge in [0, 0.05) is 34.1 Å². The molecule has 9 nitrogen and oxygen atoms in total. The number of hydrogen-bond donors (Lipinski definition) is 1. The molecule has 1 aliphatic heterocycles. The molecule has 0 amide bonds. The lowest BCUT2D eigenvalue weighted by Crippen LogP contribution is -2.35. The molecule has 0 radical (unpaired) electrons. The van der Waals surface area contributed by atoms with Crippen molar-refractivity contribution in [2.45, 2.75) is 32.8 Å². The fraction of sp³-hybridized carbons (Fsp3) is 0.348. The van der Waals surface area contributed by atoms with Crippen molar-refractivity contribution in [3.63, 3.8) is 0 Å². The molecule has 1 fully saturated rings. The summed E-state index contributed by atoms with van der Waals surface area (Å²) in [5, 5.41) is 14.0. The third-order valence-electron chi connectivity index (χ3n) is 6.73. The Bertz CT molecular complexity index is 1400. The lowest BCUT2D eigenvalue weighted by atomic mass is 9.99. The van der Waals surface area contributed by atoms with Crippen LogP contribution in [0.3, 0.4) is 0 Å². The van der Waals surface area contributed by atoms with Crippen LogP contribution in [0.4, 0.5) is 0 Å². The molecule has 2 unspecified atom stereocenters. The monoisotopic (exact) mass is 470 g/mol. The smallest absolute Gasteiger partial charge is 0.307 e. The molecule has 0 saturated heterocycles. The number of carboxylic acids is 1. The molecular formula is C23H19ClN2O7. The van der Waals surface area contributed by atoms with E-state index in [1.165, 1.54) is 12.1 Å². The zero-order chi connectivity index (χ0) is 23.9. The fourth-order valence-electron chi connectivity index (χ4n) is 5.27. The van der Waals surface area contributed by atoms with Crippen LogP contribution in [-0.2, 0) is 16.0 Å². The van der Waals surface area contributed by atoms with E-state index < -0.39 is 46.8 Å². The van der Waals surface area contributed by atoms with Gasteiger partial charge in [-0.2, -0.15) is 0 Å². The summed E-state index contributed by atoms with van der Waals surface area (Å²) in [6, 6.07) is 5.83. The van der Waals surface area contributed by atoms with Gasteiger partial charge in [-0.05, 0) is 25.1 Å². The second-order valence-electron chi connectivity index (χ2n) is 8.79. The van der Waals surface area contributed by atoms with Crippen LogP contribution in [0.1, 0.15) is 57.9 Å². The van der Waals surface area contributed by atoms with Gasteiger partial charge in [0.05, 0.1) is 23.5 Å². The largest absolute Gasteiger partial charge is 0.481 e. The molecule has 33 heavy (non-hydrogen) atoms. The maximum atomic E-state index is 14.0. The summed E-state index contributed by atoms with van der Waals surface area (Å²) < 4.78 is 12.2. The highest BCUT2D eigenvalue weighted by atomic mass is 35.5. The molecule has 2 aliphatic rings. The van der Waals surface area contributed by atoms with Gasteiger partial charge in [0.25, 0.3) is 0 Å². The Kier molecular flexibility index (Phi) is 4.47. The second-order valence-corrected chi connectivity index (χ2v) is 9.23. The number of aromatic nitrogens is 2. The first-order valence-corrected chi connectivity index (χ1v) is 10.7. The molecule has 1 saturated carbocycles. The molecule has 170 valence electrons. The Morgan fingerprint density at radius 3 is 2.67 bits per heavy atom. The number of rotatable bonds is 4. The van der Waals surface area contributed by atoms with E-state index in [1.54, 1.807) is 32.9 Å². The first-order valence-electron chi connectivity index (χ1n) is 10.3. The first-order chi connectivity index (χ1) is 15.6. The lowest BCUT2D eigenvalue weighted by molar-refractivity contribution is -0.136. The van der Waals surface area contributed by atoms with Gasteiger partial charge in [0.15, 0.2) is 11.5 Å². The number of carbonyl (C=O) groups is 4. The van der Waals surface area contributed by atoms with Crippen molar-refractivity contribution in [3.05, 3.63) is 52.0 Å². The van der Waals surface area contributed by atoms with Gasteiger partial charge in [-0.25, -0.2) is 0 Å². The van der Waals surface area contributed by atoms with Crippen molar-refractivity contribution in [2.24, 2.45) is 11.3 Å². The third kappa shape index (κ3) is 2.66. The van der Waals surface area contributed by atoms with Gasteiger partial charge in [0.2, 0.25) is 11.5 Å². The van der Waals surface area contributed by atoms with E-state index >= 15 is 0 Å². The van der Waals surface area contributed by atoms with Crippen LogP contribution < -0.4 is 0 Å². The van der Waals surface area contributed by atoms with Crippen molar-refractivity contribution in [2.75, 3.05) is 6.61 Å². The number of hydrogen-bond acceptors (Lipinski definition) is 7. The van der Waals surface area contributed by atoms with Crippen molar-refractivity contribution in [1.82, 2.24) is 9.72 Å². The van der Waals surface area contributed by atoms with E-state index in [0.29, 0.717) is 15.9 Å². The number of carbonyl (C=O) groups excluding carboxylic acids is 3. The molecule has 1 N–H and O–H groups in total. The average molecular weight is 471 g/mol. The SMILES string of the molecule is CCOC12C(=O)c3cc(on3)C(=O)n3c(c(CC(=O)O)c4cc(Cl)ccc43)C(=O)C1C2(C)C. The summed E-state index contributed by atoms with van der Waals surface area (Å²) in [7, 11) is 0. The number of fused-ring (bicyclic) bond motifs is 6. The Morgan fingerprint density at radius 2 is 2.00 bits per heavy atom. The molecule has 1 aromatic carbocycles. The highest BCUT2D eigenvalue weighted by Crippen LogP contribution is 2.66. The van der Waals surface area contributed by atoms with Gasteiger partial charge < -0.3 is 14.4 Å².